The summed E-state index contributed by atoms with van der Waals surface area (Å²) in [6.07, 6.45) is -9.96. The maximum atomic E-state index is 12.3. The molecule has 0 aliphatic carbocycles. The summed E-state index contributed by atoms with van der Waals surface area (Å²) < 4.78 is 73.8. The van der Waals surface area contributed by atoms with Crippen molar-refractivity contribution in [3.63, 3.8) is 0 Å². The minimum absolute atomic E-state index is 0.147. The lowest BCUT2D eigenvalue weighted by molar-refractivity contribution is -0.148. The summed E-state index contributed by atoms with van der Waals surface area (Å²) >= 11 is 0. The van der Waals surface area contributed by atoms with Gasteiger partial charge in [0.15, 0.2) is 0 Å². The Labute approximate surface area is 91.7 Å². The van der Waals surface area contributed by atoms with Crippen molar-refractivity contribution in [2.24, 2.45) is 5.73 Å². The Kier molecular flexibility index (Phi) is 3.33. The predicted octanol–water partition coefficient (Wildman–Crippen LogP) is 2.53. The Hall–Kier alpha value is -1.38. The molecule has 0 aliphatic rings. The van der Waals surface area contributed by atoms with Crippen molar-refractivity contribution >= 4 is 0 Å². The molecule has 17 heavy (non-hydrogen) atoms. The first-order valence-electron chi connectivity index (χ1n) is 4.31. The molecule has 3 nitrogen and oxygen atoms in total. The third-order valence-electron chi connectivity index (χ3n) is 1.73. The van der Waals surface area contributed by atoms with Crippen LogP contribution in [0.3, 0.4) is 0 Å². The van der Waals surface area contributed by atoms with Crippen molar-refractivity contribution in [1.82, 2.24) is 9.97 Å². The molecule has 0 bridgehead atoms. The molecule has 1 rings (SSSR count). The quantitative estimate of drug-likeness (QED) is 0.788. The smallest absolute Gasteiger partial charge is 0.322 e. The highest BCUT2D eigenvalue weighted by molar-refractivity contribution is 5.17. The van der Waals surface area contributed by atoms with Crippen molar-refractivity contribution < 1.29 is 26.3 Å². The van der Waals surface area contributed by atoms with Crippen molar-refractivity contribution in [1.29, 1.82) is 0 Å². The average Bonchev–Trinajstić information content (AvgIpc) is 2.14. The van der Waals surface area contributed by atoms with E-state index in [9.17, 15) is 26.3 Å². The first-order chi connectivity index (χ1) is 7.51. The Balaban J connectivity index is 3.40. The van der Waals surface area contributed by atoms with E-state index in [0.29, 0.717) is 0 Å². The summed E-state index contributed by atoms with van der Waals surface area (Å²) in [5.74, 6) is -0.702. The number of halogens is 6. The Morgan fingerprint density at radius 2 is 1.35 bits per heavy atom. The summed E-state index contributed by atoms with van der Waals surface area (Å²) in [4.78, 5) is 5.91. The summed E-state index contributed by atoms with van der Waals surface area (Å²) in [6.45, 7) is 1.19. The van der Waals surface area contributed by atoms with Gasteiger partial charge in [0.25, 0.3) is 0 Å². The zero-order valence-electron chi connectivity index (χ0n) is 8.39. The molecule has 0 radical (unpaired) electrons. The van der Waals surface area contributed by atoms with Crippen LogP contribution in [0.4, 0.5) is 26.3 Å². The molecule has 9 heteroatoms. The number of alkyl halides is 6. The standard InChI is InChI=1S/C8H7F6N3/c1-3(15)6-16-4(7(9,10)11)2-5(17-6)8(12,13)14/h2-3H,15H2,1H3. The zero-order valence-corrected chi connectivity index (χ0v) is 8.39. The van der Waals surface area contributed by atoms with Gasteiger partial charge in [-0.05, 0) is 13.0 Å². The molecular formula is C8H7F6N3. The summed E-state index contributed by atoms with van der Waals surface area (Å²) in [6, 6.07) is -1.27. The van der Waals surface area contributed by atoms with E-state index in [1.54, 1.807) is 0 Å². The molecule has 96 valence electrons. The second-order valence-corrected chi connectivity index (χ2v) is 3.28. The van der Waals surface area contributed by atoms with E-state index in [-0.39, 0.29) is 6.07 Å². The van der Waals surface area contributed by atoms with Crippen molar-refractivity contribution in [3.8, 4) is 0 Å². The largest absolute Gasteiger partial charge is 0.433 e. The van der Waals surface area contributed by atoms with Gasteiger partial charge in [-0.3, -0.25) is 0 Å². The fourth-order valence-corrected chi connectivity index (χ4v) is 0.960. The van der Waals surface area contributed by atoms with Crippen LogP contribution in [0, 0.1) is 0 Å². The number of nitrogens with two attached hydrogens (primary N) is 1. The maximum absolute atomic E-state index is 12.3. The maximum Gasteiger partial charge on any atom is 0.433 e. The van der Waals surface area contributed by atoms with E-state index in [2.05, 4.69) is 9.97 Å². The Bertz CT molecular complexity index is 376. The van der Waals surface area contributed by atoms with Gasteiger partial charge in [0.1, 0.15) is 17.2 Å². The molecule has 1 heterocycles. The lowest BCUT2D eigenvalue weighted by Crippen LogP contribution is -2.20. The van der Waals surface area contributed by atoms with Crippen molar-refractivity contribution in [3.05, 3.63) is 23.3 Å². The normalized spacial score (nSPS) is 14.8. The zero-order chi connectivity index (χ0) is 13.4. The molecular weight excluding hydrogens is 252 g/mol. The average molecular weight is 259 g/mol. The van der Waals surface area contributed by atoms with Crippen LogP contribution in [0.2, 0.25) is 0 Å². The van der Waals surface area contributed by atoms with Gasteiger partial charge in [-0.1, -0.05) is 0 Å². The van der Waals surface area contributed by atoms with Gasteiger partial charge in [-0.25, -0.2) is 9.97 Å². The lowest BCUT2D eigenvalue weighted by atomic mass is 10.2. The van der Waals surface area contributed by atoms with Gasteiger partial charge in [0.05, 0.1) is 6.04 Å². The van der Waals surface area contributed by atoms with E-state index >= 15 is 0 Å². The molecule has 1 atom stereocenters. The van der Waals surface area contributed by atoms with Crippen LogP contribution in [0.25, 0.3) is 0 Å². The molecule has 0 fully saturated rings. The number of hydrogen-bond acceptors (Lipinski definition) is 3. The number of aromatic nitrogens is 2. The van der Waals surface area contributed by atoms with E-state index < -0.39 is 35.6 Å². The van der Waals surface area contributed by atoms with E-state index in [4.69, 9.17) is 5.73 Å². The molecule has 1 aromatic rings. The number of hydrogen-bond donors (Lipinski definition) is 1. The molecule has 0 saturated carbocycles. The highest BCUT2D eigenvalue weighted by atomic mass is 19.4. The third kappa shape index (κ3) is 3.29. The van der Waals surface area contributed by atoms with Gasteiger partial charge in [0, 0.05) is 0 Å². The lowest BCUT2D eigenvalue weighted by Gasteiger charge is -2.13. The Morgan fingerprint density at radius 1 is 1.00 bits per heavy atom. The minimum atomic E-state index is -4.98. The number of rotatable bonds is 1. The van der Waals surface area contributed by atoms with Gasteiger partial charge < -0.3 is 5.73 Å². The van der Waals surface area contributed by atoms with E-state index in [1.165, 1.54) is 6.92 Å². The fraction of sp³-hybridized carbons (Fsp3) is 0.500. The van der Waals surface area contributed by atoms with Gasteiger partial charge in [0.2, 0.25) is 0 Å². The van der Waals surface area contributed by atoms with E-state index in [0.717, 1.165) is 0 Å². The highest BCUT2D eigenvalue weighted by Crippen LogP contribution is 2.33. The molecule has 2 N–H and O–H groups in total. The van der Waals surface area contributed by atoms with Crippen LogP contribution < -0.4 is 5.73 Å². The van der Waals surface area contributed by atoms with Gasteiger partial charge in [-0.2, -0.15) is 26.3 Å². The topological polar surface area (TPSA) is 51.8 Å². The SMILES string of the molecule is CC(N)c1nc(C(F)(F)F)cc(C(F)(F)F)n1. The summed E-state index contributed by atoms with van der Waals surface area (Å²) in [5.41, 5.74) is 1.86. The number of nitrogens with zero attached hydrogens (tertiary/aromatic N) is 2. The molecule has 0 spiro atoms. The molecule has 0 aromatic carbocycles. The summed E-state index contributed by atoms with van der Waals surface area (Å²) in [7, 11) is 0. The minimum Gasteiger partial charge on any atom is -0.322 e. The highest BCUT2D eigenvalue weighted by Gasteiger charge is 2.39. The Morgan fingerprint density at radius 3 is 1.59 bits per heavy atom. The van der Waals surface area contributed by atoms with Gasteiger partial charge >= 0.3 is 12.4 Å². The van der Waals surface area contributed by atoms with Crippen LogP contribution in [0.1, 0.15) is 30.2 Å². The first kappa shape index (κ1) is 13.7. The summed E-state index contributed by atoms with van der Waals surface area (Å²) in [5, 5.41) is 0. The van der Waals surface area contributed by atoms with Crippen LogP contribution in [0.15, 0.2) is 6.07 Å². The van der Waals surface area contributed by atoms with Crippen LogP contribution in [0.5, 0.6) is 0 Å². The first-order valence-corrected chi connectivity index (χ1v) is 4.31. The van der Waals surface area contributed by atoms with Gasteiger partial charge in [-0.15, -0.1) is 0 Å². The van der Waals surface area contributed by atoms with Crippen LogP contribution in [-0.4, -0.2) is 9.97 Å². The molecule has 1 aromatic heterocycles. The third-order valence-corrected chi connectivity index (χ3v) is 1.73. The second kappa shape index (κ2) is 4.13. The second-order valence-electron chi connectivity index (χ2n) is 3.28. The van der Waals surface area contributed by atoms with Crippen LogP contribution >= 0.6 is 0 Å². The fourth-order valence-electron chi connectivity index (χ4n) is 0.960. The van der Waals surface area contributed by atoms with Crippen molar-refractivity contribution in [2.75, 3.05) is 0 Å². The van der Waals surface area contributed by atoms with Crippen LogP contribution in [-0.2, 0) is 12.4 Å². The molecule has 0 saturated heterocycles. The van der Waals surface area contributed by atoms with E-state index in [1.807, 2.05) is 0 Å². The molecule has 0 amide bonds. The molecule has 0 aliphatic heterocycles. The molecule has 1 unspecified atom stereocenters. The monoisotopic (exact) mass is 259 g/mol. The predicted molar refractivity (Wildman–Crippen MR) is 44.6 cm³/mol. The van der Waals surface area contributed by atoms with Crippen molar-refractivity contribution in [2.45, 2.75) is 25.3 Å².